The Kier molecular flexibility index (Phi) is 6.03. The minimum atomic E-state index is -1.06. The molecule has 0 aromatic carbocycles. The number of hydrogen-bond acceptors (Lipinski definition) is 3. The van der Waals surface area contributed by atoms with Crippen molar-refractivity contribution in [2.75, 3.05) is 12.0 Å². The third-order valence-corrected chi connectivity index (χ3v) is 4.05. The van der Waals surface area contributed by atoms with Crippen LogP contribution in [0, 0.1) is 0 Å². The van der Waals surface area contributed by atoms with Crippen LogP contribution in [0.1, 0.15) is 16.9 Å². The lowest BCUT2D eigenvalue weighted by Crippen LogP contribution is -2.41. The number of carboxylic acids is 1. The second kappa shape index (κ2) is 7.07. The first kappa shape index (κ1) is 16.2. The molecule has 8 heteroatoms. The van der Waals surface area contributed by atoms with Crippen molar-refractivity contribution in [1.29, 1.82) is 0 Å². The second-order valence-electron chi connectivity index (χ2n) is 3.87. The van der Waals surface area contributed by atoms with Gasteiger partial charge in [0.25, 0.3) is 5.91 Å². The lowest BCUT2D eigenvalue weighted by molar-refractivity contribution is -0.139. The molecule has 1 rings (SSSR count). The van der Waals surface area contributed by atoms with Crippen molar-refractivity contribution in [1.82, 2.24) is 9.88 Å². The molecule has 19 heavy (non-hydrogen) atoms. The molecular weight excluding hydrogens is 311 g/mol. The standard InChI is InChI=1S/C11H14Cl2N2O3S/c1-15-8(5-6(12)9(15)13)10(16)14-7(11(17)18)3-4-19-2/h5,7H,3-4H2,1-2H3,(H,14,16)(H,17,18). The molecule has 0 fully saturated rings. The van der Waals surface area contributed by atoms with Crippen molar-refractivity contribution in [2.24, 2.45) is 7.05 Å². The number of halogens is 2. The maximum Gasteiger partial charge on any atom is 0.326 e. The minimum absolute atomic E-state index is 0.227. The number of hydrogen-bond donors (Lipinski definition) is 2. The van der Waals surface area contributed by atoms with E-state index in [0.717, 1.165) is 0 Å². The first-order valence-corrected chi connectivity index (χ1v) is 7.56. The Labute approximate surface area is 125 Å². The van der Waals surface area contributed by atoms with Gasteiger partial charge in [-0.25, -0.2) is 4.79 Å². The predicted octanol–water partition coefficient (Wildman–Crippen LogP) is 2.27. The summed E-state index contributed by atoms with van der Waals surface area (Å²) in [5.74, 6) is -0.926. The van der Waals surface area contributed by atoms with E-state index in [9.17, 15) is 9.59 Å². The Balaban J connectivity index is 2.81. The highest BCUT2D eigenvalue weighted by Crippen LogP contribution is 2.25. The first-order chi connectivity index (χ1) is 8.88. The largest absolute Gasteiger partial charge is 0.480 e. The molecule has 1 aromatic rings. The maximum absolute atomic E-state index is 12.0. The van der Waals surface area contributed by atoms with Crippen molar-refractivity contribution in [3.8, 4) is 0 Å². The van der Waals surface area contributed by atoms with Crippen LogP contribution in [-0.4, -0.2) is 39.6 Å². The lowest BCUT2D eigenvalue weighted by Gasteiger charge is -2.14. The van der Waals surface area contributed by atoms with Gasteiger partial charge < -0.3 is 15.0 Å². The summed E-state index contributed by atoms with van der Waals surface area (Å²) in [6.45, 7) is 0. The molecule has 1 atom stereocenters. The van der Waals surface area contributed by atoms with Crippen LogP contribution >= 0.6 is 35.0 Å². The van der Waals surface area contributed by atoms with Gasteiger partial charge in [0, 0.05) is 7.05 Å². The van der Waals surface area contributed by atoms with Gasteiger partial charge in [0.2, 0.25) is 0 Å². The van der Waals surface area contributed by atoms with Crippen LogP contribution in [0.3, 0.4) is 0 Å². The molecule has 1 aromatic heterocycles. The summed E-state index contributed by atoms with van der Waals surface area (Å²) in [5, 5.41) is 12.0. The van der Waals surface area contributed by atoms with Crippen LogP contribution in [0.25, 0.3) is 0 Å². The molecule has 0 radical (unpaired) electrons. The fourth-order valence-corrected chi connectivity index (χ4v) is 2.33. The molecule has 0 aliphatic carbocycles. The molecule has 0 spiro atoms. The molecule has 0 saturated carbocycles. The summed E-state index contributed by atoms with van der Waals surface area (Å²) in [4.78, 5) is 23.0. The van der Waals surface area contributed by atoms with E-state index in [1.165, 1.54) is 22.4 Å². The van der Waals surface area contributed by atoms with E-state index >= 15 is 0 Å². The number of rotatable bonds is 6. The van der Waals surface area contributed by atoms with Crippen LogP contribution in [0.15, 0.2) is 6.07 Å². The molecule has 0 bridgehead atoms. The highest BCUT2D eigenvalue weighted by molar-refractivity contribution is 7.98. The highest BCUT2D eigenvalue weighted by Gasteiger charge is 2.23. The van der Waals surface area contributed by atoms with Crippen LogP contribution in [0.5, 0.6) is 0 Å². The Morgan fingerprint density at radius 2 is 2.16 bits per heavy atom. The third kappa shape index (κ3) is 4.06. The molecule has 1 heterocycles. The van der Waals surface area contributed by atoms with Gasteiger partial charge in [0.1, 0.15) is 16.9 Å². The summed E-state index contributed by atoms with van der Waals surface area (Å²) in [6.07, 6.45) is 2.23. The van der Waals surface area contributed by atoms with E-state index in [0.29, 0.717) is 12.2 Å². The Morgan fingerprint density at radius 1 is 1.53 bits per heavy atom. The number of nitrogens with zero attached hydrogens (tertiary/aromatic N) is 1. The van der Waals surface area contributed by atoms with Crippen LogP contribution in [-0.2, 0) is 11.8 Å². The fraction of sp³-hybridized carbons (Fsp3) is 0.455. The van der Waals surface area contributed by atoms with E-state index in [2.05, 4.69) is 5.32 Å². The van der Waals surface area contributed by atoms with Crippen LogP contribution in [0.4, 0.5) is 0 Å². The summed E-state index contributed by atoms with van der Waals surface area (Å²) in [6, 6.07) is 0.486. The van der Waals surface area contributed by atoms with Gasteiger partial charge in [-0.2, -0.15) is 11.8 Å². The molecular formula is C11H14Cl2N2O3S. The summed E-state index contributed by atoms with van der Waals surface area (Å²) >= 11 is 13.2. The quantitative estimate of drug-likeness (QED) is 0.842. The third-order valence-electron chi connectivity index (χ3n) is 2.56. The van der Waals surface area contributed by atoms with Gasteiger partial charge in [-0.3, -0.25) is 4.79 Å². The molecule has 0 aliphatic heterocycles. The first-order valence-electron chi connectivity index (χ1n) is 5.41. The molecule has 5 nitrogen and oxygen atoms in total. The van der Waals surface area contributed by atoms with Crippen molar-refractivity contribution < 1.29 is 14.7 Å². The zero-order valence-electron chi connectivity index (χ0n) is 10.4. The fourth-order valence-electron chi connectivity index (χ4n) is 1.49. The predicted molar refractivity (Wildman–Crippen MR) is 77.3 cm³/mol. The molecule has 106 valence electrons. The van der Waals surface area contributed by atoms with Gasteiger partial charge in [-0.1, -0.05) is 23.2 Å². The number of amides is 1. The Morgan fingerprint density at radius 3 is 2.58 bits per heavy atom. The van der Waals surface area contributed by atoms with Crippen molar-refractivity contribution in [3.05, 3.63) is 21.9 Å². The van der Waals surface area contributed by atoms with Crippen LogP contribution < -0.4 is 5.32 Å². The molecule has 0 saturated heterocycles. The van der Waals surface area contributed by atoms with E-state index in [4.69, 9.17) is 28.3 Å². The number of aliphatic carboxylic acids is 1. The number of nitrogens with one attached hydrogen (secondary N) is 1. The van der Waals surface area contributed by atoms with Gasteiger partial charge in [0.05, 0.1) is 5.02 Å². The Bertz CT molecular complexity index is 491. The zero-order valence-corrected chi connectivity index (χ0v) is 12.8. The molecule has 1 unspecified atom stereocenters. The van der Waals surface area contributed by atoms with Crippen molar-refractivity contribution >= 4 is 46.8 Å². The number of carbonyl (C=O) groups is 2. The normalized spacial score (nSPS) is 12.2. The summed E-state index contributed by atoms with van der Waals surface area (Å²) in [7, 11) is 1.58. The SMILES string of the molecule is CSCCC(NC(=O)c1cc(Cl)c(Cl)n1C)C(=O)O. The van der Waals surface area contributed by atoms with E-state index < -0.39 is 17.9 Å². The second-order valence-corrected chi connectivity index (χ2v) is 5.62. The smallest absolute Gasteiger partial charge is 0.326 e. The van der Waals surface area contributed by atoms with Gasteiger partial charge in [-0.15, -0.1) is 0 Å². The lowest BCUT2D eigenvalue weighted by atomic mass is 10.2. The monoisotopic (exact) mass is 324 g/mol. The Hall–Kier alpha value is -0.850. The van der Waals surface area contributed by atoms with Crippen molar-refractivity contribution in [3.63, 3.8) is 0 Å². The van der Waals surface area contributed by atoms with E-state index in [1.54, 1.807) is 7.05 Å². The molecule has 2 N–H and O–H groups in total. The van der Waals surface area contributed by atoms with E-state index in [-0.39, 0.29) is 15.9 Å². The number of aromatic nitrogens is 1. The van der Waals surface area contributed by atoms with Gasteiger partial charge >= 0.3 is 5.97 Å². The topological polar surface area (TPSA) is 71.3 Å². The number of carboxylic acid groups (broad SMARTS) is 1. The summed E-state index contributed by atoms with van der Waals surface area (Å²) < 4.78 is 1.41. The van der Waals surface area contributed by atoms with Crippen LogP contribution in [0.2, 0.25) is 10.2 Å². The van der Waals surface area contributed by atoms with Crippen molar-refractivity contribution in [2.45, 2.75) is 12.5 Å². The number of carbonyl (C=O) groups excluding carboxylic acids is 1. The molecule has 1 amide bonds. The average molecular weight is 325 g/mol. The highest BCUT2D eigenvalue weighted by atomic mass is 35.5. The zero-order chi connectivity index (χ0) is 14.6. The van der Waals surface area contributed by atoms with E-state index in [1.807, 2.05) is 6.26 Å². The summed E-state index contributed by atoms with van der Waals surface area (Å²) in [5.41, 5.74) is 0.227. The average Bonchev–Trinajstić information content (AvgIpc) is 2.61. The molecule has 0 aliphatic rings. The van der Waals surface area contributed by atoms with Gasteiger partial charge in [-0.05, 0) is 24.5 Å². The maximum atomic E-state index is 12.0. The minimum Gasteiger partial charge on any atom is -0.480 e. The number of thioether (sulfide) groups is 1. The van der Waals surface area contributed by atoms with Gasteiger partial charge in [0.15, 0.2) is 0 Å².